The van der Waals surface area contributed by atoms with Gasteiger partial charge in [-0.1, -0.05) is 0 Å². The minimum atomic E-state index is -2.17. The molecule has 0 aromatic rings. The fourth-order valence-electron chi connectivity index (χ4n) is 1.80. The number of carbonyl (C=O) groups excluding carboxylic acids is 2. The number of hydrogen-bond donors (Lipinski definition) is 0. The summed E-state index contributed by atoms with van der Waals surface area (Å²) in [5, 5.41) is 0. The van der Waals surface area contributed by atoms with Gasteiger partial charge in [0.25, 0.3) is 0 Å². The molecule has 0 N–H and O–H groups in total. The summed E-state index contributed by atoms with van der Waals surface area (Å²) in [4.78, 5) is 25.5. The molecule has 0 spiro atoms. The fourth-order valence-corrected chi connectivity index (χ4v) is 1.80. The van der Waals surface area contributed by atoms with E-state index in [0.717, 1.165) is 0 Å². The molecule has 0 saturated carbocycles. The Kier molecular flexibility index (Phi) is 10.4. The zero-order valence-electron chi connectivity index (χ0n) is 17.4. The van der Waals surface area contributed by atoms with Crippen LogP contribution in [0.5, 0.6) is 0 Å². The SMILES string of the molecule is CCOC(=O)C(OC(C)(C)C)(OC(C)(C)C)C(=O)COC(C)(C)C.[Ti]. The molecule has 0 fully saturated rings. The van der Waals surface area contributed by atoms with Crippen molar-refractivity contribution in [3.05, 3.63) is 0 Å². The van der Waals surface area contributed by atoms with Crippen molar-refractivity contribution in [3.63, 3.8) is 0 Å². The smallest absolute Gasteiger partial charge is 0.375 e. The molecular formula is C18H34O6Ti. The van der Waals surface area contributed by atoms with Gasteiger partial charge in [0.05, 0.1) is 23.4 Å². The summed E-state index contributed by atoms with van der Waals surface area (Å²) in [5.74, 6) is -3.66. The fraction of sp³-hybridized carbons (Fsp3) is 0.889. The van der Waals surface area contributed by atoms with Crippen LogP contribution in [0.1, 0.15) is 69.2 Å². The number of esters is 1. The van der Waals surface area contributed by atoms with Gasteiger partial charge in [-0.05, 0) is 69.2 Å². The first kappa shape index (κ1) is 27.0. The number of hydrogen-bond acceptors (Lipinski definition) is 6. The molecule has 0 aliphatic carbocycles. The van der Waals surface area contributed by atoms with Crippen LogP contribution in [0.15, 0.2) is 0 Å². The van der Waals surface area contributed by atoms with Crippen LogP contribution in [0.2, 0.25) is 0 Å². The molecular weight excluding hydrogens is 360 g/mol. The van der Waals surface area contributed by atoms with Crippen LogP contribution in [-0.2, 0) is 50.3 Å². The van der Waals surface area contributed by atoms with Crippen molar-refractivity contribution in [1.82, 2.24) is 0 Å². The summed E-state index contributed by atoms with van der Waals surface area (Å²) in [6.07, 6.45) is 0. The molecule has 7 heteroatoms. The maximum Gasteiger partial charge on any atom is 0.375 e. The Hall–Kier alpha value is -0.266. The Bertz CT molecular complexity index is 424. The van der Waals surface area contributed by atoms with Crippen molar-refractivity contribution in [3.8, 4) is 0 Å². The van der Waals surface area contributed by atoms with Crippen molar-refractivity contribution in [2.45, 2.75) is 91.8 Å². The van der Waals surface area contributed by atoms with Gasteiger partial charge in [-0.2, -0.15) is 0 Å². The van der Waals surface area contributed by atoms with Gasteiger partial charge in [-0.15, -0.1) is 0 Å². The average Bonchev–Trinajstić information content (AvgIpc) is 2.30. The first-order chi connectivity index (χ1) is 10.5. The van der Waals surface area contributed by atoms with Crippen LogP contribution in [0.25, 0.3) is 0 Å². The monoisotopic (exact) mass is 394 g/mol. The third-order valence-corrected chi connectivity index (χ3v) is 2.45. The molecule has 0 bridgehead atoms. The Morgan fingerprint density at radius 3 is 1.44 bits per heavy atom. The van der Waals surface area contributed by atoms with Gasteiger partial charge in [-0.25, -0.2) is 4.79 Å². The summed E-state index contributed by atoms with van der Waals surface area (Å²) >= 11 is 0. The van der Waals surface area contributed by atoms with Crippen molar-refractivity contribution >= 4 is 11.8 Å². The minimum Gasteiger partial charge on any atom is -0.462 e. The summed E-state index contributed by atoms with van der Waals surface area (Å²) in [5.41, 5.74) is -2.16. The van der Waals surface area contributed by atoms with E-state index in [9.17, 15) is 9.59 Å². The molecule has 0 amide bonds. The summed E-state index contributed by atoms with van der Waals surface area (Å²) in [6.45, 7) is 17.3. The van der Waals surface area contributed by atoms with E-state index in [4.69, 9.17) is 18.9 Å². The van der Waals surface area contributed by atoms with Gasteiger partial charge in [0.2, 0.25) is 5.78 Å². The predicted octanol–water partition coefficient (Wildman–Crippen LogP) is 3.26. The van der Waals surface area contributed by atoms with Crippen LogP contribution in [0, 0.1) is 0 Å². The number of rotatable bonds is 7. The Morgan fingerprint density at radius 2 is 1.16 bits per heavy atom. The van der Waals surface area contributed by atoms with E-state index in [0.29, 0.717) is 0 Å². The van der Waals surface area contributed by atoms with Crippen LogP contribution in [-0.4, -0.2) is 47.6 Å². The van der Waals surface area contributed by atoms with Gasteiger partial charge in [-0.3, -0.25) is 4.79 Å². The summed E-state index contributed by atoms with van der Waals surface area (Å²) in [6, 6.07) is 0. The third kappa shape index (κ3) is 10.5. The van der Waals surface area contributed by atoms with Crippen LogP contribution < -0.4 is 0 Å². The van der Waals surface area contributed by atoms with Crippen molar-refractivity contribution < 1.29 is 50.3 Å². The van der Waals surface area contributed by atoms with Crippen LogP contribution in [0.4, 0.5) is 0 Å². The van der Waals surface area contributed by atoms with Crippen molar-refractivity contribution in [1.29, 1.82) is 0 Å². The predicted molar refractivity (Wildman–Crippen MR) is 91.8 cm³/mol. The largest absolute Gasteiger partial charge is 0.462 e. The van der Waals surface area contributed by atoms with Crippen molar-refractivity contribution in [2.24, 2.45) is 0 Å². The molecule has 0 saturated heterocycles. The Labute approximate surface area is 167 Å². The maximum absolute atomic E-state index is 12.9. The molecule has 0 atom stereocenters. The molecule has 0 aromatic heterocycles. The Morgan fingerprint density at radius 1 is 0.760 bits per heavy atom. The van der Waals surface area contributed by atoms with E-state index < -0.39 is 34.3 Å². The number of Topliss-reactive ketones (excluding diaryl/α,β-unsaturated/α-hetero) is 1. The first-order valence-electron chi connectivity index (χ1n) is 8.27. The summed E-state index contributed by atoms with van der Waals surface area (Å²) < 4.78 is 22.3. The molecule has 0 aliphatic heterocycles. The van der Waals surface area contributed by atoms with Gasteiger partial charge < -0.3 is 18.9 Å². The van der Waals surface area contributed by atoms with E-state index in [1.165, 1.54) is 0 Å². The van der Waals surface area contributed by atoms with Crippen molar-refractivity contribution in [2.75, 3.05) is 13.2 Å². The summed E-state index contributed by atoms with van der Waals surface area (Å²) in [7, 11) is 0. The van der Waals surface area contributed by atoms with E-state index in [2.05, 4.69) is 0 Å². The van der Waals surface area contributed by atoms with Gasteiger partial charge >= 0.3 is 11.8 Å². The quantitative estimate of drug-likeness (QED) is 0.286. The average molecular weight is 394 g/mol. The van der Waals surface area contributed by atoms with E-state index in [1.807, 2.05) is 20.8 Å². The molecule has 0 aromatic carbocycles. The molecule has 0 rings (SSSR count). The second-order valence-electron chi connectivity index (χ2n) is 8.59. The topological polar surface area (TPSA) is 71.1 Å². The standard InChI is InChI=1S/C18H34O6.Ti/c1-11-21-14(20)18(23-16(5,6)7,24-17(8,9)10)13(19)12-22-15(2,3)4;/h11-12H2,1-10H3;. The number of ether oxygens (including phenoxy) is 4. The van der Waals surface area contributed by atoms with Gasteiger partial charge in [0.1, 0.15) is 6.61 Å². The normalized spacial score (nSPS) is 13.2. The van der Waals surface area contributed by atoms with E-state index in [1.54, 1.807) is 48.5 Å². The molecule has 146 valence electrons. The molecule has 0 unspecified atom stereocenters. The first-order valence-corrected chi connectivity index (χ1v) is 8.27. The van der Waals surface area contributed by atoms with Gasteiger partial charge in [0.15, 0.2) is 0 Å². The molecule has 0 radical (unpaired) electrons. The van der Waals surface area contributed by atoms with Gasteiger partial charge in [0, 0.05) is 21.7 Å². The molecule has 25 heavy (non-hydrogen) atoms. The van der Waals surface area contributed by atoms with Crippen LogP contribution >= 0.6 is 0 Å². The van der Waals surface area contributed by atoms with Crippen LogP contribution in [0.3, 0.4) is 0 Å². The third-order valence-electron chi connectivity index (χ3n) is 2.45. The maximum atomic E-state index is 12.9. The minimum absolute atomic E-state index is 0. The second-order valence-corrected chi connectivity index (χ2v) is 8.59. The van der Waals surface area contributed by atoms with E-state index in [-0.39, 0.29) is 34.9 Å². The Balaban J connectivity index is 0. The van der Waals surface area contributed by atoms with E-state index >= 15 is 0 Å². The molecule has 0 heterocycles. The molecule has 0 aliphatic rings. The number of carbonyl (C=O) groups is 2. The zero-order chi connectivity index (χ0) is 19.4. The zero-order valence-corrected chi connectivity index (χ0v) is 18.9. The molecule has 6 nitrogen and oxygen atoms in total. The second kappa shape index (κ2) is 9.61. The number of ketones is 1.